The zero-order valence-corrected chi connectivity index (χ0v) is 17.8. The van der Waals surface area contributed by atoms with E-state index in [0.29, 0.717) is 39.0 Å². The van der Waals surface area contributed by atoms with E-state index in [1.165, 1.54) is 0 Å². The minimum atomic E-state index is -0.928. The fourth-order valence-corrected chi connectivity index (χ4v) is 4.38. The van der Waals surface area contributed by atoms with Crippen molar-refractivity contribution in [3.63, 3.8) is 0 Å². The van der Waals surface area contributed by atoms with Gasteiger partial charge in [0.15, 0.2) is 0 Å². The molecule has 2 aliphatic heterocycles. The number of nitrogens with one attached hydrogen (secondary N) is 3. The van der Waals surface area contributed by atoms with Gasteiger partial charge < -0.3 is 25.6 Å². The minimum Gasteiger partial charge on any atom is -0.374 e. The summed E-state index contributed by atoms with van der Waals surface area (Å²) in [5, 5.41) is 8.68. The molecule has 166 valence electrons. The van der Waals surface area contributed by atoms with Crippen molar-refractivity contribution < 1.29 is 23.9 Å². The summed E-state index contributed by atoms with van der Waals surface area (Å²) >= 11 is 0. The molecular formula is C21H32N4O5. The molecule has 0 spiro atoms. The van der Waals surface area contributed by atoms with E-state index in [1.807, 2.05) is 13.8 Å². The van der Waals surface area contributed by atoms with Crippen LogP contribution in [-0.4, -0.2) is 72.5 Å². The lowest BCUT2D eigenvalue weighted by Gasteiger charge is -2.32. The second kappa shape index (κ2) is 7.83. The normalized spacial score (nSPS) is 29.5. The highest BCUT2D eigenvalue weighted by atomic mass is 16.5. The van der Waals surface area contributed by atoms with Gasteiger partial charge in [0.1, 0.15) is 5.41 Å². The molecule has 4 fully saturated rings. The highest BCUT2D eigenvalue weighted by molar-refractivity contribution is 6.08. The van der Waals surface area contributed by atoms with Crippen molar-refractivity contribution in [1.29, 1.82) is 0 Å². The van der Waals surface area contributed by atoms with Crippen molar-refractivity contribution >= 4 is 23.6 Å². The van der Waals surface area contributed by atoms with Gasteiger partial charge in [0.2, 0.25) is 23.6 Å². The molecule has 0 bridgehead atoms. The summed E-state index contributed by atoms with van der Waals surface area (Å²) in [6.07, 6.45) is 3.69. The van der Waals surface area contributed by atoms with E-state index in [9.17, 15) is 19.2 Å². The molecule has 2 unspecified atom stereocenters. The maximum atomic E-state index is 13.1. The van der Waals surface area contributed by atoms with Crippen LogP contribution in [0, 0.1) is 11.3 Å². The van der Waals surface area contributed by atoms with Crippen LogP contribution < -0.4 is 16.0 Å². The summed E-state index contributed by atoms with van der Waals surface area (Å²) < 4.78 is 5.85. The molecule has 4 aliphatic rings. The molecule has 2 aliphatic carbocycles. The van der Waals surface area contributed by atoms with E-state index in [-0.39, 0.29) is 48.7 Å². The van der Waals surface area contributed by atoms with Gasteiger partial charge in [0.05, 0.1) is 12.0 Å². The lowest BCUT2D eigenvalue weighted by Crippen LogP contribution is -2.50. The monoisotopic (exact) mass is 420 g/mol. The number of nitrogens with zero attached hydrogens (tertiary/aromatic N) is 1. The quantitative estimate of drug-likeness (QED) is 0.510. The van der Waals surface area contributed by atoms with E-state index in [4.69, 9.17) is 4.74 Å². The molecule has 30 heavy (non-hydrogen) atoms. The molecule has 2 heterocycles. The lowest BCUT2D eigenvalue weighted by molar-refractivity contribution is -0.138. The number of ether oxygens (including phenoxy) is 1. The van der Waals surface area contributed by atoms with Gasteiger partial charge >= 0.3 is 0 Å². The first-order valence-corrected chi connectivity index (χ1v) is 11.0. The number of hydrogen-bond donors (Lipinski definition) is 3. The minimum absolute atomic E-state index is 0.0531. The first-order chi connectivity index (χ1) is 14.2. The van der Waals surface area contributed by atoms with E-state index in [0.717, 1.165) is 12.8 Å². The number of amides is 4. The van der Waals surface area contributed by atoms with Crippen molar-refractivity contribution in [2.45, 2.75) is 70.1 Å². The summed E-state index contributed by atoms with van der Waals surface area (Å²) in [7, 11) is 0. The first kappa shape index (κ1) is 21.1. The van der Waals surface area contributed by atoms with Gasteiger partial charge in [-0.2, -0.15) is 0 Å². The number of hydrogen-bond acceptors (Lipinski definition) is 5. The summed E-state index contributed by atoms with van der Waals surface area (Å²) in [4.78, 5) is 51.8. The molecule has 2 saturated heterocycles. The zero-order valence-electron chi connectivity index (χ0n) is 17.8. The first-order valence-electron chi connectivity index (χ1n) is 11.0. The Bertz CT molecular complexity index is 744. The van der Waals surface area contributed by atoms with Crippen LogP contribution in [0.5, 0.6) is 0 Å². The van der Waals surface area contributed by atoms with Crippen LogP contribution in [0.4, 0.5) is 0 Å². The van der Waals surface area contributed by atoms with Gasteiger partial charge in [0, 0.05) is 44.2 Å². The maximum Gasteiger partial charge on any atom is 0.235 e. The van der Waals surface area contributed by atoms with E-state index < -0.39 is 16.9 Å². The van der Waals surface area contributed by atoms with Gasteiger partial charge in [0.25, 0.3) is 0 Å². The number of carbonyl (C=O) groups is 4. The molecular weight excluding hydrogens is 388 g/mol. The number of carbonyl (C=O) groups excluding carboxylic acids is 4. The molecule has 0 aromatic carbocycles. The average Bonchev–Trinajstić information content (AvgIpc) is 3.57. The fraction of sp³-hybridized carbons (Fsp3) is 0.810. The molecule has 4 amide bonds. The molecule has 2 atom stereocenters. The van der Waals surface area contributed by atoms with E-state index >= 15 is 0 Å². The molecule has 3 N–H and O–H groups in total. The Morgan fingerprint density at radius 2 is 1.93 bits per heavy atom. The van der Waals surface area contributed by atoms with Crippen molar-refractivity contribution in [2.75, 3.05) is 26.2 Å². The highest BCUT2D eigenvalue weighted by Gasteiger charge is 2.57. The molecule has 2 saturated carbocycles. The molecule has 0 radical (unpaired) electrons. The van der Waals surface area contributed by atoms with Crippen LogP contribution in [0.3, 0.4) is 0 Å². The summed E-state index contributed by atoms with van der Waals surface area (Å²) in [5.41, 5.74) is -1.50. The molecule has 0 aromatic heterocycles. The fourth-order valence-electron chi connectivity index (χ4n) is 4.38. The third kappa shape index (κ3) is 4.31. The second-order valence-corrected chi connectivity index (χ2v) is 9.70. The van der Waals surface area contributed by atoms with Crippen molar-refractivity contribution in [1.82, 2.24) is 20.9 Å². The maximum absolute atomic E-state index is 13.1. The Kier molecular flexibility index (Phi) is 5.50. The molecule has 0 aromatic rings. The van der Waals surface area contributed by atoms with Crippen molar-refractivity contribution in [3.8, 4) is 0 Å². The van der Waals surface area contributed by atoms with Gasteiger partial charge in [-0.05, 0) is 46.0 Å². The second-order valence-electron chi connectivity index (χ2n) is 9.70. The van der Waals surface area contributed by atoms with Crippen LogP contribution >= 0.6 is 0 Å². The van der Waals surface area contributed by atoms with Crippen LogP contribution in [0.2, 0.25) is 0 Å². The third-order valence-corrected chi connectivity index (χ3v) is 6.70. The van der Waals surface area contributed by atoms with Crippen LogP contribution in [0.1, 0.15) is 52.4 Å². The predicted octanol–water partition coefficient (Wildman–Crippen LogP) is -0.306. The molecule has 9 heteroatoms. The van der Waals surface area contributed by atoms with Gasteiger partial charge in [-0.15, -0.1) is 0 Å². The van der Waals surface area contributed by atoms with E-state index in [2.05, 4.69) is 16.0 Å². The predicted molar refractivity (Wildman–Crippen MR) is 107 cm³/mol. The average molecular weight is 421 g/mol. The van der Waals surface area contributed by atoms with Gasteiger partial charge in [-0.25, -0.2) is 0 Å². The Morgan fingerprint density at radius 3 is 2.53 bits per heavy atom. The highest BCUT2D eigenvalue weighted by Crippen LogP contribution is 2.46. The Labute approximate surface area is 176 Å². The third-order valence-electron chi connectivity index (χ3n) is 6.70. The Morgan fingerprint density at radius 1 is 1.20 bits per heavy atom. The SMILES string of the molecule is CC1(C)NC(=O)CC1C(=O)N1CCCOC(CNC(=O)C2(C(=O)NC3CC3)CC2)C1. The van der Waals surface area contributed by atoms with Crippen molar-refractivity contribution in [2.24, 2.45) is 11.3 Å². The Balaban J connectivity index is 1.32. The van der Waals surface area contributed by atoms with E-state index in [1.54, 1.807) is 4.90 Å². The molecule has 4 rings (SSSR count). The van der Waals surface area contributed by atoms with Crippen LogP contribution in [0.25, 0.3) is 0 Å². The standard InChI is InChI=1S/C21H32N4O5/c1-20(2)15(10-16(26)24-20)17(27)25-8-3-9-30-14(12-25)11-22-18(28)21(6-7-21)19(29)23-13-4-5-13/h13-15H,3-12H2,1-2H3,(H,22,28)(H,23,29)(H,24,26). The summed E-state index contributed by atoms with van der Waals surface area (Å²) in [6.45, 7) is 5.43. The van der Waals surface area contributed by atoms with Crippen molar-refractivity contribution in [3.05, 3.63) is 0 Å². The van der Waals surface area contributed by atoms with Gasteiger partial charge in [-0.3, -0.25) is 19.2 Å². The Hall–Kier alpha value is -2.16. The zero-order chi connectivity index (χ0) is 21.5. The smallest absolute Gasteiger partial charge is 0.235 e. The topological polar surface area (TPSA) is 117 Å². The summed E-state index contributed by atoms with van der Waals surface area (Å²) in [6, 6.07) is 0.230. The largest absolute Gasteiger partial charge is 0.374 e. The lowest BCUT2D eigenvalue weighted by atomic mass is 9.88. The molecule has 9 nitrogen and oxygen atoms in total. The van der Waals surface area contributed by atoms with Crippen LogP contribution in [0.15, 0.2) is 0 Å². The number of rotatable bonds is 6. The summed E-state index contributed by atoms with van der Waals surface area (Å²) in [5.74, 6) is -0.978. The van der Waals surface area contributed by atoms with Crippen LogP contribution in [-0.2, 0) is 23.9 Å². The van der Waals surface area contributed by atoms with Gasteiger partial charge in [-0.1, -0.05) is 0 Å².